The highest BCUT2D eigenvalue weighted by Crippen LogP contribution is 2.44. The monoisotopic (exact) mass is 458 g/mol. The summed E-state index contributed by atoms with van der Waals surface area (Å²) in [5.41, 5.74) is 1.15. The lowest BCUT2D eigenvalue weighted by atomic mass is 9.89. The predicted octanol–water partition coefficient (Wildman–Crippen LogP) is 2.39. The number of methoxy groups -OCH3 is 2. The largest absolute Gasteiger partial charge is 0.465 e. The molecule has 0 bridgehead atoms. The van der Waals surface area contributed by atoms with Gasteiger partial charge in [0.25, 0.3) is 0 Å². The van der Waals surface area contributed by atoms with Gasteiger partial charge in [0.2, 0.25) is 6.79 Å². The lowest BCUT2D eigenvalue weighted by Crippen LogP contribution is -2.22. The van der Waals surface area contributed by atoms with Crippen molar-refractivity contribution in [2.75, 3.05) is 48.3 Å². The smallest absolute Gasteiger partial charge is 0.342 e. The molecule has 0 fully saturated rings. The van der Waals surface area contributed by atoms with Gasteiger partial charge in [-0.3, -0.25) is 4.98 Å². The highest BCUT2D eigenvalue weighted by Gasteiger charge is 2.34. The summed E-state index contributed by atoms with van der Waals surface area (Å²) in [6, 6.07) is 3.16. The SMILES string of the molecule is COC(=O)c1c(-c2c(C(=O)OC)c(C)nc(C)c2C(=O)OCCN(C)C)ccc2c1OCO2. The standard InChI is InChI=1S/C23H26N2O8/c1-12-16(21(26)29-5)18(17(13(2)24-12)23(28)31-10-9-25(3)4)14-7-8-15-20(33-11-32-15)19(14)22(27)30-6/h7-8H,9-11H2,1-6H3. The van der Waals surface area contributed by atoms with Crippen LogP contribution in [0.3, 0.4) is 0 Å². The highest BCUT2D eigenvalue weighted by atomic mass is 16.7. The maximum Gasteiger partial charge on any atom is 0.342 e. The Balaban J connectivity index is 2.34. The molecule has 1 aromatic heterocycles. The van der Waals surface area contributed by atoms with E-state index in [-0.39, 0.29) is 47.0 Å². The fraction of sp³-hybridized carbons (Fsp3) is 0.391. The summed E-state index contributed by atoms with van der Waals surface area (Å²) >= 11 is 0. The van der Waals surface area contributed by atoms with Crippen molar-refractivity contribution in [3.63, 3.8) is 0 Å². The number of esters is 3. The molecule has 0 N–H and O–H groups in total. The van der Waals surface area contributed by atoms with Crippen molar-refractivity contribution in [3.8, 4) is 22.6 Å². The molecule has 0 atom stereocenters. The molecule has 1 aliphatic heterocycles. The first-order valence-electron chi connectivity index (χ1n) is 10.1. The molecule has 3 rings (SSSR count). The van der Waals surface area contributed by atoms with Gasteiger partial charge in [0, 0.05) is 17.7 Å². The maximum atomic E-state index is 13.2. The number of aromatic nitrogens is 1. The molecular formula is C23H26N2O8. The molecule has 33 heavy (non-hydrogen) atoms. The van der Waals surface area contributed by atoms with Crippen LogP contribution < -0.4 is 9.47 Å². The quantitative estimate of drug-likeness (QED) is 0.453. The molecule has 0 saturated heterocycles. The second kappa shape index (κ2) is 9.86. The number of fused-ring (bicyclic) bond motifs is 1. The lowest BCUT2D eigenvalue weighted by molar-refractivity contribution is 0.0480. The van der Waals surface area contributed by atoms with Crippen LogP contribution in [0.1, 0.15) is 42.5 Å². The summed E-state index contributed by atoms with van der Waals surface area (Å²) in [5, 5.41) is 0. The first-order valence-corrected chi connectivity index (χ1v) is 10.1. The first kappa shape index (κ1) is 24.0. The van der Waals surface area contributed by atoms with Crippen molar-refractivity contribution in [2.24, 2.45) is 0 Å². The van der Waals surface area contributed by atoms with Crippen molar-refractivity contribution in [1.29, 1.82) is 0 Å². The molecule has 0 radical (unpaired) electrons. The van der Waals surface area contributed by atoms with Gasteiger partial charge in [-0.05, 0) is 40.1 Å². The minimum Gasteiger partial charge on any atom is -0.465 e. The molecule has 1 aliphatic rings. The number of hydrogen-bond donors (Lipinski definition) is 0. The Labute approximate surface area is 191 Å². The molecule has 0 saturated carbocycles. The molecule has 0 spiro atoms. The van der Waals surface area contributed by atoms with Crippen LogP contribution >= 0.6 is 0 Å². The van der Waals surface area contributed by atoms with Crippen molar-refractivity contribution in [3.05, 3.63) is 40.2 Å². The third-order valence-electron chi connectivity index (χ3n) is 5.12. The van der Waals surface area contributed by atoms with E-state index in [1.165, 1.54) is 14.2 Å². The van der Waals surface area contributed by atoms with E-state index in [1.807, 2.05) is 19.0 Å². The Morgan fingerprint density at radius 1 is 0.939 bits per heavy atom. The second-order valence-electron chi connectivity index (χ2n) is 7.55. The summed E-state index contributed by atoms with van der Waals surface area (Å²) in [4.78, 5) is 45.0. The fourth-order valence-electron chi connectivity index (χ4n) is 3.60. The van der Waals surface area contributed by atoms with Gasteiger partial charge in [-0.15, -0.1) is 0 Å². The van der Waals surface area contributed by atoms with E-state index in [9.17, 15) is 14.4 Å². The van der Waals surface area contributed by atoms with Gasteiger partial charge in [-0.2, -0.15) is 0 Å². The molecule has 10 nitrogen and oxygen atoms in total. The Hall–Kier alpha value is -3.66. The predicted molar refractivity (Wildman–Crippen MR) is 117 cm³/mol. The van der Waals surface area contributed by atoms with E-state index in [0.717, 1.165) is 0 Å². The molecular weight excluding hydrogens is 432 g/mol. The Kier molecular flexibility index (Phi) is 7.17. The number of pyridine rings is 1. The summed E-state index contributed by atoms with van der Waals surface area (Å²) in [6.07, 6.45) is 0. The van der Waals surface area contributed by atoms with Crippen LogP contribution in [0.5, 0.6) is 11.5 Å². The van der Waals surface area contributed by atoms with Crippen LogP contribution in [0.2, 0.25) is 0 Å². The number of ether oxygens (including phenoxy) is 5. The number of carbonyl (C=O) groups is 3. The van der Waals surface area contributed by atoms with E-state index in [2.05, 4.69) is 4.98 Å². The zero-order chi connectivity index (χ0) is 24.3. The van der Waals surface area contributed by atoms with Crippen molar-refractivity contribution < 1.29 is 38.1 Å². The van der Waals surface area contributed by atoms with Crippen LogP contribution in [-0.2, 0) is 14.2 Å². The van der Waals surface area contributed by atoms with Crippen molar-refractivity contribution in [1.82, 2.24) is 9.88 Å². The van der Waals surface area contributed by atoms with Gasteiger partial charge in [-0.25, -0.2) is 14.4 Å². The molecule has 0 unspecified atom stereocenters. The summed E-state index contributed by atoms with van der Waals surface area (Å²) in [5.74, 6) is -1.62. The molecule has 0 aliphatic carbocycles. The zero-order valence-corrected chi connectivity index (χ0v) is 19.4. The number of likely N-dealkylation sites (N-methyl/N-ethyl adjacent to an activating group) is 1. The normalized spacial score (nSPS) is 12.0. The number of hydrogen-bond acceptors (Lipinski definition) is 10. The van der Waals surface area contributed by atoms with Gasteiger partial charge in [0.1, 0.15) is 12.2 Å². The summed E-state index contributed by atoms with van der Waals surface area (Å²) in [6.45, 7) is 3.79. The van der Waals surface area contributed by atoms with Gasteiger partial charge in [0.05, 0.1) is 36.7 Å². The van der Waals surface area contributed by atoms with E-state index in [4.69, 9.17) is 23.7 Å². The van der Waals surface area contributed by atoms with Crippen LogP contribution in [0.25, 0.3) is 11.1 Å². The lowest BCUT2D eigenvalue weighted by Gasteiger charge is -2.20. The minimum absolute atomic E-state index is 0.0185. The number of aryl methyl sites for hydroxylation is 2. The average molecular weight is 458 g/mol. The maximum absolute atomic E-state index is 13.2. The zero-order valence-electron chi connectivity index (χ0n) is 19.4. The molecule has 10 heteroatoms. The summed E-state index contributed by atoms with van der Waals surface area (Å²) in [7, 11) is 6.15. The number of carbonyl (C=O) groups excluding carboxylic acids is 3. The molecule has 1 aromatic carbocycles. The Morgan fingerprint density at radius 2 is 1.55 bits per heavy atom. The van der Waals surface area contributed by atoms with Crippen LogP contribution in [0.4, 0.5) is 0 Å². The van der Waals surface area contributed by atoms with E-state index >= 15 is 0 Å². The topological polar surface area (TPSA) is 113 Å². The Morgan fingerprint density at radius 3 is 2.15 bits per heavy atom. The average Bonchev–Trinajstić information content (AvgIpc) is 3.25. The van der Waals surface area contributed by atoms with Gasteiger partial charge >= 0.3 is 17.9 Å². The number of rotatable bonds is 7. The first-order chi connectivity index (χ1) is 15.7. The molecule has 176 valence electrons. The minimum atomic E-state index is -0.720. The fourth-order valence-corrected chi connectivity index (χ4v) is 3.60. The van der Waals surface area contributed by atoms with Crippen molar-refractivity contribution >= 4 is 17.9 Å². The Bertz CT molecular complexity index is 1110. The van der Waals surface area contributed by atoms with Crippen LogP contribution in [0, 0.1) is 13.8 Å². The van der Waals surface area contributed by atoms with Crippen LogP contribution in [0.15, 0.2) is 12.1 Å². The molecule has 2 aromatic rings. The third kappa shape index (κ3) is 4.61. The number of benzene rings is 1. The van der Waals surface area contributed by atoms with Gasteiger partial charge in [-0.1, -0.05) is 0 Å². The van der Waals surface area contributed by atoms with E-state index in [1.54, 1.807) is 26.0 Å². The number of nitrogens with zero attached hydrogens (tertiary/aromatic N) is 2. The summed E-state index contributed by atoms with van der Waals surface area (Å²) < 4.78 is 26.3. The van der Waals surface area contributed by atoms with Crippen LogP contribution in [-0.4, -0.2) is 76.1 Å². The van der Waals surface area contributed by atoms with Crippen molar-refractivity contribution in [2.45, 2.75) is 13.8 Å². The molecule has 2 heterocycles. The molecule has 0 amide bonds. The third-order valence-corrected chi connectivity index (χ3v) is 5.12. The highest BCUT2D eigenvalue weighted by molar-refractivity contribution is 6.11. The van der Waals surface area contributed by atoms with E-state index < -0.39 is 17.9 Å². The second-order valence-corrected chi connectivity index (χ2v) is 7.55. The van der Waals surface area contributed by atoms with Gasteiger partial charge in [0.15, 0.2) is 11.5 Å². The van der Waals surface area contributed by atoms with E-state index in [0.29, 0.717) is 23.7 Å². The van der Waals surface area contributed by atoms with Gasteiger partial charge < -0.3 is 28.6 Å².